The summed E-state index contributed by atoms with van der Waals surface area (Å²) in [5, 5.41) is 0. The number of isocyanates is 2. The van der Waals surface area contributed by atoms with E-state index in [1.54, 1.807) is 6.92 Å². The lowest BCUT2D eigenvalue weighted by Gasteiger charge is -1.96. The van der Waals surface area contributed by atoms with Crippen LogP contribution in [-0.4, -0.2) is 12.2 Å². The van der Waals surface area contributed by atoms with Crippen LogP contribution in [0.1, 0.15) is 26.7 Å². The van der Waals surface area contributed by atoms with Gasteiger partial charge in [-0.1, -0.05) is 13.3 Å². The molecule has 0 fully saturated rings. The molecule has 0 amide bonds. The van der Waals surface area contributed by atoms with Crippen LogP contribution in [0.15, 0.2) is 21.4 Å². The number of hydrogen-bond donors (Lipinski definition) is 0. The Bertz CT molecular complexity index is 269. The maximum atomic E-state index is 9.93. The summed E-state index contributed by atoms with van der Waals surface area (Å²) < 4.78 is 0. The van der Waals surface area contributed by atoms with Crippen molar-refractivity contribution in [2.45, 2.75) is 26.7 Å². The Labute approximate surface area is 70.7 Å². The van der Waals surface area contributed by atoms with Crippen molar-refractivity contribution in [1.82, 2.24) is 0 Å². The van der Waals surface area contributed by atoms with Crippen molar-refractivity contribution in [3.63, 3.8) is 0 Å². The molecule has 0 aliphatic heterocycles. The van der Waals surface area contributed by atoms with Gasteiger partial charge in [0.2, 0.25) is 12.2 Å². The van der Waals surface area contributed by atoms with Crippen LogP contribution in [0.2, 0.25) is 0 Å². The van der Waals surface area contributed by atoms with Gasteiger partial charge in [-0.25, -0.2) is 9.59 Å². The largest absolute Gasteiger partial charge is 0.240 e. The summed E-state index contributed by atoms with van der Waals surface area (Å²) in [6.07, 6.45) is 4.27. The van der Waals surface area contributed by atoms with E-state index >= 15 is 0 Å². The van der Waals surface area contributed by atoms with E-state index in [1.807, 2.05) is 6.92 Å². The van der Waals surface area contributed by atoms with E-state index in [-0.39, 0.29) is 0 Å². The first-order valence-corrected chi connectivity index (χ1v) is 3.61. The molecule has 0 unspecified atom stereocenters. The van der Waals surface area contributed by atoms with Gasteiger partial charge in [0.25, 0.3) is 0 Å². The van der Waals surface area contributed by atoms with Crippen LogP contribution in [0, 0.1) is 0 Å². The molecule has 0 aromatic rings. The topological polar surface area (TPSA) is 58.9 Å². The number of aliphatic imine (C=N–C) groups is 2. The number of hydrogen-bond acceptors (Lipinski definition) is 4. The summed E-state index contributed by atoms with van der Waals surface area (Å²) in [6.45, 7) is 3.55. The van der Waals surface area contributed by atoms with Crippen molar-refractivity contribution in [3.8, 4) is 0 Å². The molecule has 0 aliphatic rings. The van der Waals surface area contributed by atoms with Gasteiger partial charge in [0, 0.05) is 0 Å². The van der Waals surface area contributed by atoms with Crippen molar-refractivity contribution in [1.29, 1.82) is 0 Å². The maximum absolute atomic E-state index is 9.93. The Balaban J connectivity index is 4.77. The first-order valence-electron chi connectivity index (χ1n) is 3.61. The molecule has 0 rings (SSSR count). The van der Waals surface area contributed by atoms with Crippen molar-refractivity contribution in [3.05, 3.63) is 11.4 Å². The first-order chi connectivity index (χ1) is 5.76. The second-order valence-electron chi connectivity index (χ2n) is 2.19. The molecule has 0 heterocycles. The monoisotopic (exact) mass is 166 g/mol. The highest BCUT2D eigenvalue weighted by atomic mass is 16.1. The SMILES string of the molecule is CCC/C(N=C=O)=C(\C)N=C=O. The minimum absolute atomic E-state index is 0.426. The van der Waals surface area contributed by atoms with E-state index in [2.05, 4.69) is 9.98 Å². The lowest BCUT2D eigenvalue weighted by Crippen LogP contribution is -1.83. The smallest absolute Gasteiger partial charge is 0.211 e. The predicted octanol–water partition coefficient (Wildman–Crippen LogP) is 1.69. The Morgan fingerprint density at radius 2 is 1.83 bits per heavy atom. The van der Waals surface area contributed by atoms with E-state index < -0.39 is 0 Å². The molecule has 0 aromatic carbocycles. The van der Waals surface area contributed by atoms with Crippen molar-refractivity contribution < 1.29 is 9.59 Å². The number of rotatable bonds is 4. The third-order valence-corrected chi connectivity index (χ3v) is 1.30. The minimum atomic E-state index is 0.426. The van der Waals surface area contributed by atoms with Gasteiger partial charge in [0.15, 0.2) is 0 Å². The zero-order chi connectivity index (χ0) is 9.40. The van der Waals surface area contributed by atoms with Crippen LogP contribution >= 0.6 is 0 Å². The third-order valence-electron chi connectivity index (χ3n) is 1.30. The molecule has 0 bridgehead atoms. The molecule has 0 aromatic heterocycles. The normalized spacial score (nSPS) is 10.8. The fourth-order valence-corrected chi connectivity index (χ4v) is 0.743. The van der Waals surface area contributed by atoms with Crippen molar-refractivity contribution >= 4 is 12.2 Å². The zero-order valence-electron chi connectivity index (χ0n) is 7.13. The number of nitrogens with zero attached hydrogens (tertiary/aromatic N) is 2. The standard InChI is InChI=1S/C8H10N2O2/c1-3-4-8(10-6-12)7(2)9-5-11/h3-4H2,1-2H3/b8-7-. The summed E-state index contributed by atoms with van der Waals surface area (Å²) in [4.78, 5) is 26.6. The summed E-state index contributed by atoms with van der Waals surface area (Å²) >= 11 is 0. The zero-order valence-corrected chi connectivity index (χ0v) is 7.13. The second-order valence-corrected chi connectivity index (χ2v) is 2.19. The molecule has 0 N–H and O–H groups in total. The van der Waals surface area contributed by atoms with Crippen LogP contribution in [-0.2, 0) is 9.59 Å². The maximum Gasteiger partial charge on any atom is 0.240 e. The predicted molar refractivity (Wildman–Crippen MR) is 43.9 cm³/mol. The average Bonchev–Trinajstić information content (AvgIpc) is 2.04. The molecular formula is C8H10N2O2. The molecule has 0 aliphatic carbocycles. The average molecular weight is 166 g/mol. The third kappa shape index (κ3) is 3.62. The van der Waals surface area contributed by atoms with Gasteiger partial charge in [-0.2, -0.15) is 9.98 Å². The molecule has 0 spiro atoms. The number of allylic oxidation sites excluding steroid dienone is 2. The van der Waals surface area contributed by atoms with Gasteiger partial charge in [-0.15, -0.1) is 0 Å². The van der Waals surface area contributed by atoms with Gasteiger partial charge < -0.3 is 0 Å². The van der Waals surface area contributed by atoms with Gasteiger partial charge in [0.05, 0.1) is 11.4 Å². The fourth-order valence-electron chi connectivity index (χ4n) is 0.743. The summed E-state index contributed by atoms with van der Waals surface area (Å²) in [6, 6.07) is 0. The Hall–Kier alpha value is -1.50. The van der Waals surface area contributed by atoms with E-state index in [9.17, 15) is 9.59 Å². The van der Waals surface area contributed by atoms with E-state index in [1.165, 1.54) is 12.2 Å². The molecule has 0 radical (unpaired) electrons. The fraction of sp³-hybridized carbons (Fsp3) is 0.500. The highest BCUT2D eigenvalue weighted by Gasteiger charge is 1.98. The summed E-state index contributed by atoms with van der Waals surface area (Å²) in [5.41, 5.74) is 0.922. The Morgan fingerprint density at radius 3 is 2.25 bits per heavy atom. The summed E-state index contributed by atoms with van der Waals surface area (Å²) in [5.74, 6) is 0. The highest BCUT2D eigenvalue weighted by Crippen LogP contribution is 2.12. The molecule has 0 saturated heterocycles. The van der Waals surface area contributed by atoms with Crippen molar-refractivity contribution in [2.24, 2.45) is 9.98 Å². The van der Waals surface area contributed by atoms with Crippen LogP contribution in [0.4, 0.5) is 0 Å². The van der Waals surface area contributed by atoms with Crippen LogP contribution in [0.5, 0.6) is 0 Å². The lowest BCUT2D eigenvalue weighted by atomic mass is 10.2. The van der Waals surface area contributed by atoms with Gasteiger partial charge >= 0.3 is 0 Å². The molecule has 4 nitrogen and oxygen atoms in total. The minimum Gasteiger partial charge on any atom is -0.211 e. The molecule has 64 valence electrons. The second kappa shape index (κ2) is 6.23. The van der Waals surface area contributed by atoms with E-state index in [0.717, 1.165) is 6.42 Å². The van der Waals surface area contributed by atoms with Gasteiger partial charge in [0.1, 0.15) is 0 Å². The molecular weight excluding hydrogens is 156 g/mol. The van der Waals surface area contributed by atoms with Crippen LogP contribution < -0.4 is 0 Å². The van der Waals surface area contributed by atoms with E-state index in [4.69, 9.17) is 0 Å². The van der Waals surface area contributed by atoms with Gasteiger partial charge in [-0.3, -0.25) is 0 Å². The molecule has 0 atom stereocenters. The Morgan fingerprint density at radius 1 is 1.25 bits per heavy atom. The van der Waals surface area contributed by atoms with Gasteiger partial charge in [-0.05, 0) is 13.3 Å². The quantitative estimate of drug-likeness (QED) is 0.471. The van der Waals surface area contributed by atoms with Crippen LogP contribution in [0.3, 0.4) is 0 Å². The number of carbonyl (C=O) groups excluding carboxylic acids is 2. The Kier molecular flexibility index (Phi) is 5.45. The lowest BCUT2D eigenvalue weighted by molar-refractivity contribution is 0.562. The van der Waals surface area contributed by atoms with Crippen molar-refractivity contribution in [2.75, 3.05) is 0 Å². The first kappa shape index (κ1) is 10.5. The van der Waals surface area contributed by atoms with Crippen LogP contribution in [0.25, 0.3) is 0 Å². The van der Waals surface area contributed by atoms with E-state index in [0.29, 0.717) is 17.8 Å². The highest BCUT2D eigenvalue weighted by molar-refractivity contribution is 5.41. The molecule has 12 heavy (non-hydrogen) atoms. The molecule has 0 saturated carbocycles. The molecule has 4 heteroatoms. The summed E-state index contributed by atoms with van der Waals surface area (Å²) in [7, 11) is 0.